The normalized spacial score (nSPS) is 10.3. The number of hydrogen-bond acceptors (Lipinski definition) is 3. The van der Waals surface area contributed by atoms with Crippen molar-refractivity contribution in [1.82, 2.24) is 0 Å². The number of anilines is 1. The first-order valence-corrected chi connectivity index (χ1v) is 8.84. The number of nitrogens with two attached hydrogens (primary N) is 1. The van der Waals surface area contributed by atoms with Gasteiger partial charge in [0.1, 0.15) is 4.99 Å². The highest BCUT2D eigenvalue weighted by Crippen LogP contribution is 2.32. The molecule has 3 N–H and O–H groups in total. The van der Waals surface area contributed by atoms with Gasteiger partial charge in [-0.2, -0.15) is 0 Å². The number of rotatable bonds is 3. The van der Waals surface area contributed by atoms with E-state index in [4.69, 9.17) is 18.0 Å². The molecular weight excluding hydrogens is 492 g/mol. The minimum Gasteiger partial charge on any atom is -0.389 e. The average molecular weight is 499 g/mol. The maximum atomic E-state index is 12.3. The smallest absolute Gasteiger partial charge is 0.257 e. The molecule has 2 rings (SSSR count). The Hall–Kier alpha value is -0.280. The van der Waals surface area contributed by atoms with E-state index in [1.165, 1.54) is 11.3 Å². The molecule has 0 aliphatic heterocycles. The molecule has 1 aromatic carbocycles. The van der Waals surface area contributed by atoms with Gasteiger partial charge in [-0.3, -0.25) is 4.79 Å². The van der Waals surface area contributed by atoms with Gasteiger partial charge in [-0.1, -0.05) is 28.1 Å². The Morgan fingerprint density at radius 3 is 2.45 bits per heavy atom. The van der Waals surface area contributed by atoms with Gasteiger partial charge in [0, 0.05) is 10.0 Å². The molecule has 3 nitrogen and oxygen atoms in total. The van der Waals surface area contributed by atoms with Crippen molar-refractivity contribution in [2.75, 3.05) is 5.32 Å². The Kier molecular flexibility index (Phi) is 5.36. The maximum absolute atomic E-state index is 12.3. The molecule has 0 radical (unpaired) electrons. The number of carbonyl (C=O) groups excluding carboxylic acids is 1. The van der Waals surface area contributed by atoms with Gasteiger partial charge in [-0.25, -0.2) is 0 Å². The van der Waals surface area contributed by atoms with Crippen molar-refractivity contribution in [2.24, 2.45) is 5.73 Å². The summed E-state index contributed by atoms with van der Waals surface area (Å²) in [7, 11) is 0. The maximum Gasteiger partial charge on any atom is 0.257 e. The van der Waals surface area contributed by atoms with Crippen LogP contribution in [0.5, 0.6) is 0 Å². The van der Waals surface area contributed by atoms with Crippen LogP contribution in [0.3, 0.4) is 0 Å². The summed E-state index contributed by atoms with van der Waals surface area (Å²) in [4.78, 5) is 12.5. The lowest BCUT2D eigenvalue weighted by atomic mass is 10.1. The molecule has 0 unspecified atom stereocenters. The van der Waals surface area contributed by atoms with Crippen LogP contribution in [0.1, 0.15) is 15.9 Å². The quantitative estimate of drug-likeness (QED) is 0.590. The van der Waals surface area contributed by atoms with E-state index in [9.17, 15) is 4.79 Å². The summed E-state index contributed by atoms with van der Waals surface area (Å²) in [6.45, 7) is 0. The van der Waals surface area contributed by atoms with Crippen LogP contribution in [-0.4, -0.2) is 10.9 Å². The Morgan fingerprint density at radius 1 is 1.20 bits per heavy atom. The molecule has 0 aliphatic rings. The zero-order valence-corrected chi connectivity index (χ0v) is 16.1. The number of amides is 1. The molecule has 1 heterocycles. The highest BCUT2D eigenvalue weighted by molar-refractivity contribution is 9.12. The molecule has 0 atom stereocenters. The fraction of sp³-hybridized carbons (Fsp3) is 0. The summed E-state index contributed by atoms with van der Waals surface area (Å²) in [6, 6.07) is 7.10. The van der Waals surface area contributed by atoms with E-state index in [1.54, 1.807) is 18.2 Å². The number of thiocarbonyl (C=S) groups is 1. The minimum atomic E-state index is -0.223. The predicted molar refractivity (Wildman–Crippen MR) is 97.7 cm³/mol. The van der Waals surface area contributed by atoms with E-state index >= 15 is 0 Å². The van der Waals surface area contributed by atoms with Gasteiger partial charge in [0.2, 0.25) is 0 Å². The lowest BCUT2D eigenvalue weighted by Gasteiger charge is -2.10. The lowest BCUT2D eigenvalue weighted by molar-refractivity contribution is 0.102. The first-order chi connectivity index (χ1) is 9.38. The molecule has 104 valence electrons. The van der Waals surface area contributed by atoms with Crippen molar-refractivity contribution in [3.05, 3.63) is 47.4 Å². The van der Waals surface area contributed by atoms with Crippen LogP contribution in [0, 0.1) is 0 Å². The lowest BCUT2D eigenvalue weighted by Crippen LogP contribution is -2.17. The van der Waals surface area contributed by atoms with E-state index in [2.05, 4.69) is 53.1 Å². The Bertz CT molecular complexity index is 700. The SMILES string of the molecule is NC(=S)c1cc(Br)ccc1NC(=O)c1cc(Br)sc1Br. The molecular formula is C12H7Br3N2OS2. The number of hydrogen-bond donors (Lipinski definition) is 2. The van der Waals surface area contributed by atoms with Crippen LogP contribution in [0.2, 0.25) is 0 Å². The van der Waals surface area contributed by atoms with Crippen molar-refractivity contribution < 1.29 is 4.79 Å². The monoisotopic (exact) mass is 496 g/mol. The van der Waals surface area contributed by atoms with Crippen LogP contribution in [0.15, 0.2) is 36.3 Å². The molecule has 0 aliphatic carbocycles. The summed E-state index contributed by atoms with van der Waals surface area (Å²) < 4.78 is 2.48. The van der Waals surface area contributed by atoms with E-state index in [-0.39, 0.29) is 10.9 Å². The first kappa shape index (κ1) is 16.1. The summed E-state index contributed by atoms with van der Waals surface area (Å²) in [6.07, 6.45) is 0. The minimum absolute atomic E-state index is 0.223. The zero-order chi connectivity index (χ0) is 14.9. The van der Waals surface area contributed by atoms with Crippen molar-refractivity contribution in [3.8, 4) is 0 Å². The van der Waals surface area contributed by atoms with Gasteiger partial charge in [-0.15, -0.1) is 11.3 Å². The molecule has 20 heavy (non-hydrogen) atoms. The second kappa shape index (κ2) is 6.65. The van der Waals surface area contributed by atoms with Gasteiger partial charge < -0.3 is 11.1 Å². The third kappa shape index (κ3) is 3.67. The summed E-state index contributed by atoms with van der Waals surface area (Å²) in [5, 5.41) is 2.82. The second-order valence-corrected chi connectivity index (χ2v) is 8.85. The van der Waals surface area contributed by atoms with Crippen molar-refractivity contribution in [3.63, 3.8) is 0 Å². The Morgan fingerprint density at radius 2 is 1.90 bits per heavy atom. The van der Waals surface area contributed by atoms with Gasteiger partial charge in [0.15, 0.2) is 0 Å². The van der Waals surface area contributed by atoms with Crippen LogP contribution in [0.25, 0.3) is 0 Å². The molecule has 0 spiro atoms. The number of halogens is 3. The van der Waals surface area contributed by atoms with Gasteiger partial charge in [-0.05, 0) is 56.1 Å². The third-order valence-corrected chi connectivity index (χ3v) is 5.45. The standard InChI is InChI=1S/C12H7Br3N2OS2/c13-5-1-2-8(6(3-5)11(16)19)17-12(18)7-4-9(14)20-10(7)15/h1-4H,(H2,16,19)(H,17,18). The van der Waals surface area contributed by atoms with E-state index in [0.29, 0.717) is 16.8 Å². The van der Waals surface area contributed by atoms with Crippen LogP contribution in [-0.2, 0) is 0 Å². The van der Waals surface area contributed by atoms with Crippen molar-refractivity contribution >= 4 is 87.9 Å². The number of carbonyl (C=O) groups is 1. The molecule has 0 saturated heterocycles. The number of thiophene rings is 1. The molecule has 1 aromatic heterocycles. The van der Waals surface area contributed by atoms with E-state index < -0.39 is 0 Å². The number of benzene rings is 1. The molecule has 2 aromatic rings. The Labute approximate surface area is 150 Å². The van der Waals surface area contributed by atoms with Crippen LogP contribution >= 0.6 is 71.3 Å². The average Bonchev–Trinajstić information content (AvgIpc) is 2.70. The van der Waals surface area contributed by atoms with Gasteiger partial charge >= 0.3 is 0 Å². The van der Waals surface area contributed by atoms with Gasteiger partial charge in [0.25, 0.3) is 5.91 Å². The first-order valence-electron chi connectivity index (χ1n) is 5.24. The third-order valence-electron chi connectivity index (χ3n) is 2.40. The summed E-state index contributed by atoms with van der Waals surface area (Å²) in [5.41, 5.74) is 7.43. The second-order valence-electron chi connectivity index (χ2n) is 3.75. The van der Waals surface area contributed by atoms with Crippen LogP contribution in [0.4, 0.5) is 5.69 Å². The largest absolute Gasteiger partial charge is 0.389 e. The topological polar surface area (TPSA) is 55.1 Å². The molecule has 1 amide bonds. The highest BCUT2D eigenvalue weighted by Gasteiger charge is 2.16. The summed E-state index contributed by atoms with van der Waals surface area (Å²) in [5.74, 6) is -0.223. The molecule has 0 saturated carbocycles. The molecule has 8 heteroatoms. The van der Waals surface area contributed by atoms with Crippen molar-refractivity contribution in [1.29, 1.82) is 0 Å². The predicted octanol–water partition coefficient (Wildman–Crippen LogP) is 4.92. The number of nitrogens with one attached hydrogen (secondary N) is 1. The van der Waals surface area contributed by atoms with E-state index in [0.717, 1.165) is 12.0 Å². The Balaban J connectivity index is 2.33. The zero-order valence-electron chi connectivity index (χ0n) is 9.75. The molecule has 0 bridgehead atoms. The van der Waals surface area contributed by atoms with Gasteiger partial charge in [0.05, 0.1) is 18.8 Å². The van der Waals surface area contributed by atoms with Crippen LogP contribution < -0.4 is 11.1 Å². The fourth-order valence-electron chi connectivity index (χ4n) is 1.51. The van der Waals surface area contributed by atoms with Crippen molar-refractivity contribution in [2.45, 2.75) is 0 Å². The van der Waals surface area contributed by atoms with E-state index in [1.807, 2.05) is 6.07 Å². The molecule has 0 fully saturated rings. The summed E-state index contributed by atoms with van der Waals surface area (Å²) >= 11 is 16.5. The highest BCUT2D eigenvalue weighted by atomic mass is 79.9. The fourth-order valence-corrected chi connectivity index (χ4v) is 4.84.